The van der Waals surface area contributed by atoms with Gasteiger partial charge in [-0.1, -0.05) is 43.7 Å². The van der Waals surface area contributed by atoms with Crippen LogP contribution in [0.15, 0.2) is 41.5 Å². The third kappa shape index (κ3) is 3.64. The molecule has 1 N–H and O–H groups in total. The third-order valence-electron chi connectivity index (χ3n) is 4.14. The van der Waals surface area contributed by atoms with Crippen LogP contribution in [0.25, 0.3) is 10.2 Å². The number of hydrogen-bond donors (Lipinski definition) is 1. The molecule has 0 fully saturated rings. The van der Waals surface area contributed by atoms with Crippen molar-refractivity contribution >= 4 is 27.5 Å². The lowest BCUT2D eigenvalue weighted by Crippen LogP contribution is -2.24. The van der Waals surface area contributed by atoms with E-state index in [1.165, 1.54) is 11.3 Å². The first kappa shape index (κ1) is 17.4. The number of rotatable bonds is 6. The lowest BCUT2D eigenvalue weighted by molar-refractivity contribution is 0.0956. The number of benzene rings is 1. The summed E-state index contributed by atoms with van der Waals surface area (Å²) in [4.78, 5) is 30.8. The lowest BCUT2D eigenvalue weighted by Gasteiger charge is -2.05. The molecule has 0 radical (unpaired) electrons. The van der Waals surface area contributed by atoms with E-state index in [2.05, 4.69) is 17.2 Å². The van der Waals surface area contributed by atoms with Crippen molar-refractivity contribution in [2.75, 3.05) is 6.54 Å². The van der Waals surface area contributed by atoms with Gasteiger partial charge in [-0.3, -0.25) is 14.2 Å². The minimum absolute atomic E-state index is 0.102. The SMILES string of the molecule is CCCCNC(=O)c1sc2ncn(Cc3ccccc3)c(=O)c2c1C. The molecule has 3 rings (SSSR count). The Morgan fingerprint density at radius 3 is 2.76 bits per heavy atom. The van der Waals surface area contributed by atoms with Gasteiger partial charge in [0.05, 0.1) is 23.1 Å². The Balaban J connectivity index is 1.94. The molecule has 1 aromatic carbocycles. The van der Waals surface area contributed by atoms with Gasteiger partial charge < -0.3 is 5.32 Å². The van der Waals surface area contributed by atoms with Crippen molar-refractivity contribution in [3.8, 4) is 0 Å². The van der Waals surface area contributed by atoms with E-state index in [4.69, 9.17) is 0 Å². The summed E-state index contributed by atoms with van der Waals surface area (Å²) in [6.45, 7) is 5.02. The highest BCUT2D eigenvalue weighted by molar-refractivity contribution is 7.20. The highest BCUT2D eigenvalue weighted by Crippen LogP contribution is 2.26. The van der Waals surface area contributed by atoms with Gasteiger partial charge in [-0.25, -0.2) is 4.98 Å². The normalized spacial score (nSPS) is 11.0. The van der Waals surface area contributed by atoms with Crippen LogP contribution in [-0.2, 0) is 6.54 Å². The number of nitrogens with one attached hydrogen (secondary N) is 1. The summed E-state index contributed by atoms with van der Waals surface area (Å²) in [7, 11) is 0. The number of carbonyl (C=O) groups excluding carboxylic acids is 1. The maximum Gasteiger partial charge on any atom is 0.262 e. The molecule has 0 spiro atoms. The van der Waals surface area contributed by atoms with E-state index in [1.807, 2.05) is 37.3 Å². The van der Waals surface area contributed by atoms with Crippen molar-refractivity contribution in [2.24, 2.45) is 0 Å². The van der Waals surface area contributed by atoms with Crippen LogP contribution in [0.2, 0.25) is 0 Å². The van der Waals surface area contributed by atoms with Crippen LogP contribution in [0.1, 0.15) is 40.6 Å². The second kappa shape index (κ2) is 7.61. The molecule has 0 unspecified atom stereocenters. The van der Waals surface area contributed by atoms with Crippen LogP contribution in [0.5, 0.6) is 0 Å². The summed E-state index contributed by atoms with van der Waals surface area (Å²) in [6, 6.07) is 9.79. The molecule has 0 saturated carbocycles. The second-order valence-corrected chi connectivity index (χ2v) is 7.01. The highest BCUT2D eigenvalue weighted by Gasteiger charge is 2.19. The van der Waals surface area contributed by atoms with Crippen LogP contribution in [0, 0.1) is 6.92 Å². The van der Waals surface area contributed by atoms with Gasteiger partial charge in [0, 0.05) is 6.54 Å². The van der Waals surface area contributed by atoms with Gasteiger partial charge in [0.15, 0.2) is 0 Å². The van der Waals surface area contributed by atoms with Gasteiger partial charge in [-0.15, -0.1) is 11.3 Å². The van der Waals surface area contributed by atoms with E-state index in [9.17, 15) is 9.59 Å². The van der Waals surface area contributed by atoms with Gasteiger partial charge in [0.25, 0.3) is 11.5 Å². The van der Waals surface area contributed by atoms with Crippen LogP contribution >= 0.6 is 11.3 Å². The van der Waals surface area contributed by atoms with Crippen molar-refractivity contribution in [3.05, 3.63) is 63.0 Å². The molecule has 0 aliphatic heterocycles. The minimum atomic E-state index is -0.122. The summed E-state index contributed by atoms with van der Waals surface area (Å²) in [5, 5.41) is 3.46. The summed E-state index contributed by atoms with van der Waals surface area (Å²) in [6.07, 6.45) is 3.53. The molecule has 3 aromatic rings. The summed E-state index contributed by atoms with van der Waals surface area (Å²) in [5.74, 6) is -0.122. The van der Waals surface area contributed by atoms with E-state index in [1.54, 1.807) is 10.9 Å². The zero-order valence-electron chi connectivity index (χ0n) is 14.4. The first-order chi connectivity index (χ1) is 12.1. The number of aryl methyl sites for hydroxylation is 1. The summed E-state index contributed by atoms with van der Waals surface area (Å²) < 4.78 is 1.59. The van der Waals surface area contributed by atoms with E-state index in [-0.39, 0.29) is 11.5 Å². The van der Waals surface area contributed by atoms with E-state index < -0.39 is 0 Å². The average Bonchev–Trinajstić information content (AvgIpc) is 2.96. The number of amides is 1. The molecule has 6 heteroatoms. The number of nitrogens with zero attached hydrogens (tertiary/aromatic N) is 2. The van der Waals surface area contributed by atoms with Crippen molar-refractivity contribution in [2.45, 2.75) is 33.2 Å². The fourth-order valence-corrected chi connectivity index (χ4v) is 3.78. The monoisotopic (exact) mass is 355 g/mol. The number of unbranched alkanes of at least 4 members (excludes halogenated alkanes) is 1. The van der Waals surface area contributed by atoms with E-state index >= 15 is 0 Å². The number of thiophene rings is 1. The van der Waals surface area contributed by atoms with Crippen molar-refractivity contribution in [3.63, 3.8) is 0 Å². The molecule has 1 amide bonds. The first-order valence-corrected chi connectivity index (χ1v) is 9.24. The predicted molar refractivity (Wildman–Crippen MR) is 101 cm³/mol. The minimum Gasteiger partial charge on any atom is -0.351 e. The number of hydrogen-bond acceptors (Lipinski definition) is 4. The zero-order valence-corrected chi connectivity index (χ0v) is 15.2. The third-order valence-corrected chi connectivity index (χ3v) is 5.33. The van der Waals surface area contributed by atoms with Gasteiger partial charge in [-0.2, -0.15) is 0 Å². The molecule has 0 atom stereocenters. The molecule has 5 nitrogen and oxygen atoms in total. The maximum absolute atomic E-state index is 12.8. The van der Waals surface area contributed by atoms with E-state index in [0.717, 1.165) is 18.4 Å². The van der Waals surface area contributed by atoms with Gasteiger partial charge in [0.1, 0.15) is 4.83 Å². The molecular formula is C19H21N3O2S. The van der Waals surface area contributed by atoms with Crippen LogP contribution in [0.4, 0.5) is 0 Å². The molecule has 0 saturated heterocycles. The summed E-state index contributed by atoms with van der Waals surface area (Å²) in [5.41, 5.74) is 1.65. The van der Waals surface area contributed by atoms with Gasteiger partial charge in [-0.05, 0) is 24.5 Å². The first-order valence-electron chi connectivity index (χ1n) is 8.42. The highest BCUT2D eigenvalue weighted by atomic mass is 32.1. The molecule has 0 bridgehead atoms. The topological polar surface area (TPSA) is 64.0 Å². The second-order valence-electron chi connectivity index (χ2n) is 6.01. The number of carbonyl (C=O) groups is 1. The van der Waals surface area contributed by atoms with Crippen LogP contribution in [0.3, 0.4) is 0 Å². The largest absolute Gasteiger partial charge is 0.351 e. The molecule has 25 heavy (non-hydrogen) atoms. The fraction of sp³-hybridized carbons (Fsp3) is 0.316. The molecule has 0 aliphatic carbocycles. The Morgan fingerprint density at radius 1 is 1.28 bits per heavy atom. The van der Waals surface area contributed by atoms with E-state index in [0.29, 0.717) is 33.7 Å². The Labute approximate surface area is 150 Å². The quantitative estimate of drug-likeness (QED) is 0.690. The molecule has 2 heterocycles. The molecule has 0 aliphatic rings. The Kier molecular flexibility index (Phi) is 5.28. The lowest BCUT2D eigenvalue weighted by atomic mass is 10.2. The molecule has 130 valence electrons. The standard InChI is InChI=1S/C19H21N3O2S/c1-3-4-10-20-17(23)16-13(2)15-18(25-16)21-12-22(19(15)24)11-14-8-6-5-7-9-14/h5-9,12H,3-4,10-11H2,1-2H3,(H,20,23). The number of aromatic nitrogens is 2. The summed E-state index contributed by atoms with van der Waals surface area (Å²) >= 11 is 1.28. The van der Waals surface area contributed by atoms with Gasteiger partial charge in [0.2, 0.25) is 0 Å². The van der Waals surface area contributed by atoms with Crippen LogP contribution in [-0.4, -0.2) is 22.0 Å². The zero-order chi connectivity index (χ0) is 17.8. The predicted octanol–water partition coefficient (Wildman–Crippen LogP) is 3.34. The number of fused-ring (bicyclic) bond motifs is 1. The van der Waals surface area contributed by atoms with Crippen molar-refractivity contribution < 1.29 is 4.79 Å². The smallest absolute Gasteiger partial charge is 0.262 e. The van der Waals surface area contributed by atoms with Crippen molar-refractivity contribution in [1.82, 2.24) is 14.9 Å². The Bertz CT molecular complexity index is 944. The Hall–Kier alpha value is -2.47. The average molecular weight is 355 g/mol. The Morgan fingerprint density at radius 2 is 2.04 bits per heavy atom. The molecule has 2 aromatic heterocycles. The van der Waals surface area contributed by atoms with Crippen molar-refractivity contribution in [1.29, 1.82) is 0 Å². The molecular weight excluding hydrogens is 334 g/mol. The van der Waals surface area contributed by atoms with Crippen LogP contribution < -0.4 is 10.9 Å². The van der Waals surface area contributed by atoms with Gasteiger partial charge >= 0.3 is 0 Å². The fourth-order valence-electron chi connectivity index (χ4n) is 2.73. The maximum atomic E-state index is 12.8.